The Hall–Kier alpha value is -2.94. The standard InChI is InChI=1S/C38H53N3/c1-10-39(11-2)32-13-12-27(7)35(22-32)38(33-20-30-14-16-40(23-25(3)4)36(30)18-28(33)8)34-21-31-15-17-41(24-26(5)6)37(31)19-29(34)9/h12-13,18-22,25-26,38H,10-11,14-17,23-24H2,1-9H3. The van der Waals surface area contributed by atoms with Crippen LogP contribution in [0.5, 0.6) is 0 Å². The second kappa shape index (κ2) is 12.1. The van der Waals surface area contributed by atoms with E-state index >= 15 is 0 Å². The predicted octanol–water partition coefficient (Wildman–Crippen LogP) is 8.68. The van der Waals surface area contributed by atoms with Crippen molar-refractivity contribution in [2.45, 2.75) is 81.1 Å². The van der Waals surface area contributed by atoms with Gasteiger partial charge in [0.2, 0.25) is 0 Å². The van der Waals surface area contributed by atoms with Crippen molar-refractivity contribution in [2.75, 3.05) is 54.0 Å². The fraction of sp³-hybridized carbons (Fsp3) is 0.526. The average molecular weight is 552 g/mol. The minimum atomic E-state index is 0.222. The minimum absolute atomic E-state index is 0.222. The Morgan fingerprint density at radius 2 is 1.10 bits per heavy atom. The Kier molecular flexibility index (Phi) is 8.73. The van der Waals surface area contributed by atoms with Crippen molar-refractivity contribution in [3.63, 3.8) is 0 Å². The molecule has 2 aliphatic heterocycles. The molecule has 0 saturated heterocycles. The average Bonchev–Trinajstić information content (AvgIpc) is 3.49. The molecule has 0 radical (unpaired) electrons. The first kappa shape index (κ1) is 29.5. The summed E-state index contributed by atoms with van der Waals surface area (Å²) in [6.45, 7) is 27.5. The van der Waals surface area contributed by atoms with Crippen molar-refractivity contribution in [2.24, 2.45) is 11.8 Å². The summed E-state index contributed by atoms with van der Waals surface area (Å²) < 4.78 is 0. The fourth-order valence-electron chi connectivity index (χ4n) is 7.36. The van der Waals surface area contributed by atoms with Crippen molar-refractivity contribution in [3.8, 4) is 0 Å². The highest BCUT2D eigenvalue weighted by atomic mass is 15.2. The van der Waals surface area contributed by atoms with Crippen molar-refractivity contribution in [1.29, 1.82) is 0 Å². The molecule has 0 N–H and O–H groups in total. The van der Waals surface area contributed by atoms with Crippen LogP contribution in [0.3, 0.4) is 0 Å². The van der Waals surface area contributed by atoms with Gasteiger partial charge < -0.3 is 14.7 Å². The van der Waals surface area contributed by atoms with E-state index < -0.39 is 0 Å². The molecular formula is C38H53N3. The Morgan fingerprint density at radius 3 is 1.54 bits per heavy atom. The molecule has 0 spiro atoms. The zero-order chi connectivity index (χ0) is 29.4. The normalized spacial score (nSPS) is 14.5. The fourth-order valence-corrected chi connectivity index (χ4v) is 7.36. The number of benzene rings is 3. The smallest absolute Gasteiger partial charge is 0.0402 e. The summed E-state index contributed by atoms with van der Waals surface area (Å²) in [5.74, 6) is 1.56. The van der Waals surface area contributed by atoms with Gasteiger partial charge in [-0.2, -0.15) is 0 Å². The summed E-state index contributed by atoms with van der Waals surface area (Å²) in [7, 11) is 0. The molecule has 0 unspecified atom stereocenters. The predicted molar refractivity (Wildman–Crippen MR) is 180 cm³/mol. The van der Waals surface area contributed by atoms with Crippen LogP contribution in [-0.2, 0) is 12.8 Å². The number of anilines is 3. The summed E-state index contributed by atoms with van der Waals surface area (Å²) in [4.78, 5) is 7.71. The van der Waals surface area contributed by atoms with Crippen molar-refractivity contribution in [1.82, 2.24) is 0 Å². The van der Waals surface area contributed by atoms with Gasteiger partial charge in [0.1, 0.15) is 0 Å². The molecule has 2 aliphatic rings. The first-order chi connectivity index (χ1) is 19.6. The van der Waals surface area contributed by atoms with E-state index in [-0.39, 0.29) is 5.92 Å². The Morgan fingerprint density at radius 1 is 0.634 bits per heavy atom. The van der Waals surface area contributed by atoms with E-state index in [1.165, 1.54) is 61.6 Å². The van der Waals surface area contributed by atoms with Gasteiger partial charge in [-0.3, -0.25) is 0 Å². The van der Waals surface area contributed by atoms with Gasteiger partial charge in [0.25, 0.3) is 0 Å². The summed E-state index contributed by atoms with van der Waals surface area (Å²) >= 11 is 0. The summed E-state index contributed by atoms with van der Waals surface area (Å²) in [6, 6.07) is 17.3. The highest BCUT2D eigenvalue weighted by Crippen LogP contribution is 2.44. The second-order valence-electron chi connectivity index (χ2n) is 13.5. The Balaban J connectivity index is 1.68. The van der Waals surface area contributed by atoms with Gasteiger partial charge in [-0.1, -0.05) is 45.9 Å². The lowest BCUT2D eigenvalue weighted by molar-refractivity contribution is 0.622. The van der Waals surface area contributed by atoms with Crippen molar-refractivity contribution in [3.05, 3.63) is 87.0 Å². The SMILES string of the molecule is CCN(CC)c1ccc(C)c(C(c2cc3c(cc2C)N(CC(C)C)CC3)c2cc3c(cc2C)N(CC(C)C)CC3)c1. The van der Waals surface area contributed by atoms with E-state index in [2.05, 4.69) is 119 Å². The number of hydrogen-bond acceptors (Lipinski definition) is 3. The maximum absolute atomic E-state index is 2.61. The maximum Gasteiger partial charge on any atom is 0.0402 e. The third kappa shape index (κ3) is 5.87. The topological polar surface area (TPSA) is 9.72 Å². The molecule has 3 aromatic rings. The molecule has 5 rings (SSSR count). The van der Waals surface area contributed by atoms with E-state index in [0.29, 0.717) is 11.8 Å². The van der Waals surface area contributed by atoms with Gasteiger partial charge >= 0.3 is 0 Å². The third-order valence-corrected chi connectivity index (χ3v) is 9.41. The lowest BCUT2D eigenvalue weighted by Gasteiger charge is -2.29. The number of aryl methyl sites for hydroxylation is 3. The van der Waals surface area contributed by atoms with Gasteiger partial charge in [0.15, 0.2) is 0 Å². The molecule has 3 heteroatoms. The lowest BCUT2D eigenvalue weighted by Crippen LogP contribution is -2.25. The third-order valence-electron chi connectivity index (χ3n) is 9.41. The molecule has 41 heavy (non-hydrogen) atoms. The molecule has 3 nitrogen and oxygen atoms in total. The van der Waals surface area contributed by atoms with E-state index in [0.717, 1.165) is 52.1 Å². The van der Waals surface area contributed by atoms with Gasteiger partial charge in [-0.15, -0.1) is 0 Å². The Labute approximate surface area is 250 Å². The van der Waals surface area contributed by atoms with Crippen LogP contribution in [0.4, 0.5) is 17.1 Å². The number of nitrogens with zero attached hydrogens (tertiary/aromatic N) is 3. The molecule has 3 aromatic carbocycles. The highest BCUT2D eigenvalue weighted by molar-refractivity contribution is 5.67. The number of rotatable bonds is 10. The molecule has 0 aromatic heterocycles. The minimum Gasteiger partial charge on any atom is -0.372 e. The number of fused-ring (bicyclic) bond motifs is 2. The van der Waals surface area contributed by atoms with Gasteiger partial charge in [-0.25, -0.2) is 0 Å². The van der Waals surface area contributed by atoms with Crippen LogP contribution < -0.4 is 14.7 Å². The second-order valence-corrected chi connectivity index (χ2v) is 13.5. The van der Waals surface area contributed by atoms with E-state index in [9.17, 15) is 0 Å². The molecular weight excluding hydrogens is 498 g/mol. The highest BCUT2D eigenvalue weighted by Gasteiger charge is 2.29. The molecule has 0 amide bonds. The summed E-state index contributed by atoms with van der Waals surface area (Å²) in [5, 5.41) is 0. The van der Waals surface area contributed by atoms with Crippen LogP contribution in [0, 0.1) is 32.6 Å². The van der Waals surface area contributed by atoms with E-state index in [1.807, 2.05) is 0 Å². The zero-order valence-corrected chi connectivity index (χ0v) is 27.3. The number of hydrogen-bond donors (Lipinski definition) is 0. The first-order valence-electron chi connectivity index (χ1n) is 16.2. The van der Waals surface area contributed by atoms with Crippen LogP contribution in [0.1, 0.15) is 92.0 Å². The molecule has 0 aliphatic carbocycles. The van der Waals surface area contributed by atoms with Crippen LogP contribution in [-0.4, -0.2) is 39.3 Å². The lowest BCUT2D eigenvalue weighted by atomic mass is 9.78. The largest absolute Gasteiger partial charge is 0.372 e. The van der Waals surface area contributed by atoms with Gasteiger partial charge in [-0.05, 0) is 128 Å². The Bertz CT molecular complexity index is 1310. The quantitative estimate of drug-likeness (QED) is 0.233. The first-order valence-corrected chi connectivity index (χ1v) is 16.2. The monoisotopic (exact) mass is 551 g/mol. The summed E-state index contributed by atoms with van der Waals surface area (Å²) in [6.07, 6.45) is 2.29. The molecule has 0 bridgehead atoms. The van der Waals surface area contributed by atoms with Crippen molar-refractivity contribution < 1.29 is 0 Å². The molecule has 0 fully saturated rings. The molecule has 0 saturated carbocycles. The van der Waals surface area contributed by atoms with Crippen molar-refractivity contribution >= 4 is 17.1 Å². The van der Waals surface area contributed by atoms with E-state index in [4.69, 9.17) is 0 Å². The van der Waals surface area contributed by atoms with Crippen LogP contribution in [0.25, 0.3) is 0 Å². The molecule has 220 valence electrons. The zero-order valence-electron chi connectivity index (χ0n) is 27.3. The van der Waals surface area contributed by atoms with E-state index in [1.54, 1.807) is 0 Å². The van der Waals surface area contributed by atoms with Gasteiger partial charge in [0.05, 0.1) is 0 Å². The maximum atomic E-state index is 2.61. The van der Waals surface area contributed by atoms with Crippen LogP contribution >= 0.6 is 0 Å². The summed E-state index contributed by atoms with van der Waals surface area (Å²) in [5.41, 5.74) is 15.9. The van der Waals surface area contributed by atoms with Gasteiger partial charge in [0, 0.05) is 62.2 Å². The van der Waals surface area contributed by atoms with Crippen LogP contribution in [0.15, 0.2) is 42.5 Å². The molecule has 2 heterocycles. The molecule has 0 atom stereocenters. The van der Waals surface area contributed by atoms with Crippen LogP contribution in [0.2, 0.25) is 0 Å².